The first-order valence-electron chi connectivity index (χ1n) is 12.2. The molecule has 0 radical (unpaired) electrons. The van der Waals surface area contributed by atoms with Gasteiger partial charge in [-0.15, -0.1) is 0 Å². The molecular weight excluding hydrogens is 324 g/mol. The van der Waals surface area contributed by atoms with Gasteiger partial charge in [-0.3, -0.25) is 0 Å². The fourth-order valence-corrected chi connectivity index (χ4v) is 10.7. The third kappa shape index (κ3) is 2.17. The number of hydrogen-bond acceptors (Lipinski definition) is 0. The minimum atomic E-state index is 0.567. The third-order valence-corrected chi connectivity index (χ3v) is 10.6. The maximum atomic E-state index is 2.58. The first kappa shape index (κ1) is 16.1. The Bertz CT molecular complexity index is 650. The van der Waals surface area contributed by atoms with Crippen molar-refractivity contribution in [3.63, 3.8) is 0 Å². The van der Waals surface area contributed by atoms with Gasteiger partial charge in [0, 0.05) is 0 Å². The maximum absolute atomic E-state index is 2.58. The van der Waals surface area contributed by atoms with E-state index in [1.165, 1.54) is 38.5 Å². The Hall–Kier alpha value is -0.780. The van der Waals surface area contributed by atoms with Gasteiger partial charge in [0.05, 0.1) is 0 Å². The molecule has 1 aromatic rings. The molecule has 9 rings (SSSR count). The van der Waals surface area contributed by atoms with E-state index in [0.717, 1.165) is 35.5 Å². The van der Waals surface area contributed by atoms with Crippen LogP contribution in [0.2, 0.25) is 0 Å². The fraction of sp³-hybridized carbons (Fsp3) is 0.778. The molecule has 0 aliphatic heterocycles. The van der Waals surface area contributed by atoms with Crippen LogP contribution in [0, 0.1) is 42.4 Å². The molecule has 27 heavy (non-hydrogen) atoms. The van der Waals surface area contributed by atoms with Crippen LogP contribution in [0.15, 0.2) is 18.2 Å². The highest BCUT2D eigenvalue weighted by Gasteiger charge is 2.54. The molecule has 0 heterocycles. The Kier molecular flexibility index (Phi) is 3.11. The molecule has 0 heteroatoms. The Labute approximate surface area is 165 Å². The van der Waals surface area contributed by atoms with Crippen molar-refractivity contribution in [1.29, 1.82) is 0 Å². The molecular formula is C27H36. The van der Waals surface area contributed by atoms with Crippen LogP contribution in [0.25, 0.3) is 0 Å². The molecule has 8 bridgehead atoms. The highest BCUT2D eigenvalue weighted by Crippen LogP contribution is 2.64. The van der Waals surface area contributed by atoms with Crippen LogP contribution in [0.3, 0.4) is 0 Å². The lowest BCUT2D eigenvalue weighted by Gasteiger charge is -2.59. The van der Waals surface area contributed by atoms with Crippen molar-refractivity contribution in [2.45, 2.75) is 94.8 Å². The second-order valence-electron chi connectivity index (χ2n) is 12.4. The van der Waals surface area contributed by atoms with Crippen LogP contribution in [0.1, 0.15) is 93.7 Å². The zero-order chi connectivity index (χ0) is 17.8. The summed E-state index contributed by atoms with van der Waals surface area (Å²) in [4.78, 5) is 0. The van der Waals surface area contributed by atoms with Crippen molar-refractivity contribution in [2.75, 3.05) is 0 Å². The average molecular weight is 361 g/mol. The standard InChI is InChI=1S/C27H36/c1-17-24(26-11-18-5-19(12-26)7-20(6-18)13-26)3-2-4-25(17)27-14-21-8-22(15-27)10-23(9-21)16-27/h2-4,18-23H,5-16H2,1H3. The van der Waals surface area contributed by atoms with Crippen LogP contribution in [-0.4, -0.2) is 0 Å². The smallest absolute Gasteiger partial charge is 0.00363 e. The third-order valence-electron chi connectivity index (χ3n) is 10.6. The molecule has 0 amide bonds. The molecule has 8 fully saturated rings. The van der Waals surface area contributed by atoms with Crippen molar-refractivity contribution >= 4 is 0 Å². The van der Waals surface area contributed by atoms with Crippen molar-refractivity contribution < 1.29 is 0 Å². The van der Waals surface area contributed by atoms with E-state index in [9.17, 15) is 0 Å². The van der Waals surface area contributed by atoms with Gasteiger partial charge in [-0.05, 0) is 147 Å². The molecule has 8 aliphatic carbocycles. The van der Waals surface area contributed by atoms with Crippen LogP contribution >= 0.6 is 0 Å². The van der Waals surface area contributed by atoms with Crippen molar-refractivity contribution in [3.8, 4) is 0 Å². The van der Waals surface area contributed by atoms with E-state index in [1.807, 2.05) is 11.1 Å². The van der Waals surface area contributed by atoms with Gasteiger partial charge in [0.15, 0.2) is 0 Å². The van der Waals surface area contributed by atoms with E-state index in [-0.39, 0.29) is 0 Å². The van der Waals surface area contributed by atoms with E-state index in [0.29, 0.717) is 10.8 Å². The average Bonchev–Trinajstić information content (AvgIpc) is 2.59. The summed E-state index contributed by atoms with van der Waals surface area (Å²) in [6, 6.07) is 7.63. The lowest BCUT2D eigenvalue weighted by Crippen LogP contribution is -2.50. The van der Waals surface area contributed by atoms with Gasteiger partial charge in [-0.2, -0.15) is 0 Å². The van der Waals surface area contributed by atoms with E-state index in [2.05, 4.69) is 25.1 Å². The van der Waals surface area contributed by atoms with Crippen LogP contribution < -0.4 is 0 Å². The summed E-state index contributed by atoms with van der Waals surface area (Å²) in [7, 11) is 0. The molecule has 0 unspecified atom stereocenters. The quantitative estimate of drug-likeness (QED) is 0.536. The predicted octanol–water partition coefficient (Wildman–Crippen LogP) is 6.93. The molecule has 0 saturated heterocycles. The van der Waals surface area contributed by atoms with E-state index in [4.69, 9.17) is 0 Å². The van der Waals surface area contributed by atoms with Gasteiger partial charge >= 0.3 is 0 Å². The lowest BCUT2D eigenvalue weighted by atomic mass is 9.46. The molecule has 8 saturated carbocycles. The molecule has 144 valence electrons. The topological polar surface area (TPSA) is 0 Å². The van der Waals surface area contributed by atoms with Gasteiger partial charge < -0.3 is 0 Å². The Morgan fingerprint density at radius 1 is 0.556 bits per heavy atom. The predicted molar refractivity (Wildman–Crippen MR) is 111 cm³/mol. The zero-order valence-corrected chi connectivity index (χ0v) is 17.2. The molecule has 8 aliphatic rings. The molecule has 1 aromatic carbocycles. The fourth-order valence-electron chi connectivity index (χ4n) is 10.7. The van der Waals surface area contributed by atoms with Crippen LogP contribution in [0.5, 0.6) is 0 Å². The maximum Gasteiger partial charge on any atom is -0.00363 e. The SMILES string of the molecule is Cc1c(C23CC4CC(CC(C4)C2)C3)cccc1C12CC3CC(CC(C3)C1)C2. The largest absolute Gasteiger partial charge is 0.0617 e. The van der Waals surface area contributed by atoms with Gasteiger partial charge in [-0.1, -0.05) is 18.2 Å². The van der Waals surface area contributed by atoms with Crippen molar-refractivity contribution in [3.05, 3.63) is 34.9 Å². The Morgan fingerprint density at radius 3 is 1.15 bits per heavy atom. The zero-order valence-electron chi connectivity index (χ0n) is 17.2. The molecule has 0 aromatic heterocycles. The number of rotatable bonds is 2. The normalized spacial score (nSPS) is 51.9. The van der Waals surface area contributed by atoms with Crippen molar-refractivity contribution in [1.82, 2.24) is 0 Å². The summed E-state index contributed by atoms with van der Waals surface area (Å²) >= 11 is 0. The molecule has 0 spiro atoms. The van der Waals surface area contributed by atoms with E-state index >= 15 is 0 Å². The Balaban J connectivity index is 1.33. The summed E-state index contributed by atoms with van der Waals surface area (Å²) in [5.74, 6) is 6.33. The molecule has 0 nitrogen and oxygen atoms in total. The van der Waals surface area contributed by atoms with E-state index < -0.39 is 0 Å². The first-order valence-corrected chi connectivity index (χ1v) is 12.2. The van der Waals surface area contributed by atoms with Crippen LogP contribution in [0.4, 0.5) is 0 Å². The highest BCUT2D eigenvalue weighted by atomic mass is 14.6. The summed E-state index contributed by atoms with van der Waals surface area (Å²) in [6.45, 7) is 2.54. The minimum Gasteiger partial charge on any atom is -0.0617 e. The van der Waals surface area contributed by atoms with Gasteiger partial charge in [-0.25, -0.2) is 0 Å². The monoisotopic (exact) mass is 360 g/mol. The van der Waals surface area contributed by atoms with Gasteiger partial charge in [0.25, 0.3) is 0 Å². The summed E-state index contributed by atoms with van der Waals surface area (Å²) in [6.07, 6.45) is 18.5. The van der Waals surface area contributed by atoms with E-state index in [1.54, 1.807) is 44.1 Å². The lowest BCUT2D eigenvalue weighted by molar-refractivity contribution is -0.00891. The minimum absolute atomic E-state index is 0.567. The van der Waals surface area contributed by atoms with Crippen molar-refractivity contribution in [2.24, 2.45) is 35.5 Å². The summed E-state index contributed by atoms with van der Waals surface area (Å²) in [5, 5.41) is 0. The first-order chi connectivity index (χ1) is 13.1. The highest BCUT2D eigenvalue weighted by molar-refractivity contribution is 5.45. The Morgan fingerprint density at radius 2 is 0.852 bits per heavy atom. The molecule has 0 atom stereocenters. The summed E-state index contributed by atoms with van der Waals surface area (Å²) in [5.41, 5.74) is 6.51. The van der Waals surface area contributed by atoms with Gasteiger partial charge in [0.1, 0.15) is 0 Å². The second-order valence-corrected chi connectivity index (χ2v) is 12.4. The van der Waals surface area contributed by atoms with Crippen LogP contribution in [-0.2, 0) is 10.8 Å². The molecule has 0 N–H and O–H groups in total. The number of hydrogen-bond donors (Lipinski definition) is 0. The second kappa shape index (κ2) is 5.22. The van der Waals surface area contributed by atoms with Gasteiger partial charge in [0.2, 0.25) is 0 Å². The number of benzene rings is 1. The summed E-state index contributed by atoms with van der Waals surface area (Å²) < 4.78 is 0.